The van der Waals surface area contributed by atoms with E-state index in [1.807, 2.05) is 38.1 Å². The fourth-order valence-electron chi connectivity index (χ4n) is 1.69. The minimum atomic E-state index is 0.729. The Bertz CT molecular complexity index is 385. The molecule has 0 fully saturated rings. The van der Waals surface area contributed by atoms with Crippen LogP contribution in [-0.2, 0) is 0 Å². The van der Waals surface area contributed by atoms with Crippen molar-refractivity contribution in [3.63, 3.8) is 0 Å². The SMILES string of the molecule is Cc1cc(N)cc(N)c1.Cc1cc(N)cc(N)c1. The van der Waals surface area contributed by atoms with Crippen molar-refractivity contribution in [3.05, 3.63) is 47.5 Å². The molecule has 0 radical (unpaired) electrons. The lowest BCUT2D eigenvalue weighted by atomic mass is 10.2. The van der Waals surface area contributed by atoms with E-state index in [4.69, 9.17) is 22.9 Å². The zero-order valence-electron chi connectivity index (χ0n) is 10.8. The highest BCUT2D eigenvalue weighted by atomic mass is 14.6. The van der Waals surface area contributed by atoms with E-state index < -0.39 is 0 Å². The van der Waals surface area contributed by atoms with Gasteiger partial charge >= 0.3 is 0 Å². The fourth-order valence-corrected chi connectivity index (χ4v) is 1.69. The zero-order chi connectivity index (χ0) is 13.7. The molecule has 2 rings (SSSR count). The van der Waals surface area contributed by atoms with Gasteiger partial charge in [-0.1, -0.05) is 0 Å². The summed E-state index contributed by atoms with van der Waals surface area (Å²) in [6.07, 6.45) is 0. The van der Waals surface area contributed by atoms with Crippen molar-refractivity contribution in [2.45, 2.75) is 13.8 Å². The number of nitrogen functional groups attached to an aromatic ring is 4. The largest absolute Gasteiger partial charge is 0.399 e. The predicted octanol–water partition coefficient (Wildman–Crippen LogP) is 2.32. The van der Waals surface area contributed by atoms with Gasteiger partial charge in [0.15, 0.2) is 0 Å². The van der Waals surface area contributed by atoms with Crippen molar-refractivity contribution < 1.29 is 0 Å². The zero-order valence-corrected chi connectivity index (χ0v) is 10.8. The molecule has 0 bridgehead atoms. The third-order valence-electron chi connectivity index (χ3n) is 2.24. The topological polar surface area (TPSA) is 104 Å². The molecule has 0 saturated heterocycles. The summed E-state index contributed by atoms with van der Waals surface area (Å²) in [5.41, 5.74) is 27.0. The summed E-state index contributed by atoms with van der Waals surface area (Å²) < 4.78 is 0. The van der Waals surface area contributed by atoms with Crippen molar-refractivity contribution in [2.75, 3.05) is 22.9 Å². The van der Waals surface area contributed by atoms with Crippen LogP contribution in [0.2, 0.25) is 0 Å². The number of benzene rings is 2. The lowest BCUT2D eigenvalue weighted by molar-refractivity contribution is 1.47. The van der Waals surface area contributed by atoms with Crippen molar-refractivity contribution in [1.29, 1.82) is 0 Å². The maximum atomic E-state index is 5.48. The van der Waals surface area contributed by atoms with Crippen LogP contribution in [-0.4, -0.2) is 0 Å². The number of hydrogen-bond donors (Lipinski definition) is 4. The van der Waals surface area contributed by atoms with Crippen LogP contribution in [0, 0.1) is 13.8 Å². The van der Waals surface area contributed by atoms with Gasteiger partial charge in [0.1, 0.15) is 0 Å². The molecule has 0 saturated carbocycles. The summed E-state index contributed by atoms with van der Waals surface area (Å²) in [4.78, 5) is 0. The van der Waals surface area contributed by atoms with E-state index in [0.717, 1.165) is 33.9 Å². The number of rotatable bonds is 0. The molecule has 0 aliphatic rings. The lowest BCUT2D eigenvalue weighted by Crippen LogP contribution is -1.90. The van der Waals surface area contributed by atoms with Crippen LogP contribution in [0.25, 0.3) is 0 Å². The molecule has 18 heavy (non-hydrogen) atoms. The second-order valence-electron chi connectivity index (χ2n) is 4.35. The minimum absolute atomic E-state index is 0.729. The Hall–Kier alpha value is -2.36. The van der Waals surface area contributed by atoms with Crippen molar-refractivity contribution >= 4 is 22.7 Å². The molecule has 0 aromatic heterocycles. The maximum absolute atomic E-state index is 5.48. The predicted molar refractivity (Wildman–Crippen MR) is 80.0 cm³/mol. The summed E-state index contributed by atoms with van der Waals surface area (Å²) in [6.45, 7) is 3.93. The first-order valence-electron chi connectivity index (χ1n) is 5.62. The average Bonchev–Trinajstić information content (AvgIpc) is 2.12. The van der Waals surface area contributed by atoms with Crippen LogP contribution in [0.3, 0.4) is 0 Å². The number of anilines is 4. The van der Waals surface area contributed by atoms with E-state index >= 15 is 0 Å². The smallest absolute Gasteiger partial charge is 0.0337 e. The molecule has 0 spiro atoms. The van der Waals surface area contributed by atoms with Gasteiger partial charge in [0.25, 0.3) is 0 Å². The molecular weight excluding hydrogens is 224 g/mol. The third kappa shape index (κ3) is 4.65. The summed E-state index contributed by atoms with van der Waals surface area (Å²) in [7, 11) is 0. The Labute approximate surface area is 108 Å². The van der Waals surface area contributed by atoms with E-state index in [1.165, 1.54) is 0 Å². The third-order valence-corrected chi connectivity index (χ3v) is 2.24. The Kier molecular flexibility index (Phi) is 4.43. The molecule has 0 heterocycles. The number of hydrogen-bond acceptors (Lipinski definition) is 4. The molecule has 2 aromatic rings. The van der Waals surface area contributed by atoms with Crippen LogP contribution in [0.4, 0.5) is 22.7 Å². The summed E-state index contributed by atoms with van der Waals surface area (Å²) in [5.74, 6) is 0. The highest BCUT2D eigenvalue weighted by Crippen LogP contribution is 2.12. The molecule has 0 atom stereocenters. The monoisotopic (exact) mass is 244 g/mol. The number of nitrogens with two attached hydrogens (primary N) is 4. The molecule has 0 aliphatic carbocycles. The van der Waals surface area contributed by atoms with E-state index in [9.17, 15) is 0 Å². The molecule has 0 aliphatic heterocycles. The quantitative estimate of drug-likeness (QED) is 0.534. The second-order valence-corrected chi connectivity index (χ2v) is 4.35. The molecular formula is C14H20N4. The Morgan fingerprint density at radius 1 is 0.500 bits per heavy atom. The summed E-state index contributed by atoms with van der Waals surface area (Å²) in [5, 5.41) is 0. The first-order valence-corrected chi connectivity index (χ1v) is 5.62. The van der Waals surface area contributed by atoms with Crippen LogP contribution in [0.5, 0.6) is 0 Å². The van der Waals surface area contributed by atoms with Crippen molar-refractivity contribution in [3.8, 4) is 0 Å². The standard InChI is InChI=1S/2C7H10N2/c2*1-5-2-6(8)4-7(9)3-5/h2*2-4H,8-9H2,1H3. The van der Waals surface area contributed by atoms with E-state index in [0.29, 0.717) is 0 Å². The van der Waals surface area contributed by atoms with Gasteiger partial charge in [-0.3, -0.25) is 0 Å². The van der Waals surface area contributed by atoms with Gasteiger partial charge in [0.2, 0.25) is 0 Å². The van der Waals surface area contributed by atoms with E-state index in [2.05, 4.69) is 0 Å². The van der Waals surface area contributed by atoms with Crippen LogP contribution < -0.4 is 22.9 Å². The maximum Gasteiger partial charge on any atom is 0.0337 e. The van der Waals surface area contributed by atoms with Gasteiger partial charge in [-0.2, -0.15) is 0 Å². The molecule has 0 unspecified atom stereocenters. The first-order chi connectivity index (χ1) is 8.36. The van der Waals surface area contributed by atoms with E-state index in [-0.39, 0.29) is 0 Å². The summed E-state index contributed by atoms with van der Waals surface area (Å²) >= 11 is 0. The van der Waals surface area contributed by atoms with Gasteiger partial charge < -0.3 is 22.9 Å². The summed E-state index contributed by atoms with van der Waals surface area (Å²) in [6, 6.07) is 11.0. The average molecular weight is 244 g/mol. The van der Waals surface area contributed by atoms with Gasteiger partial charge in [-0.15, -0.1) is 0 Å². The second kappa shape index (κ2) is 5.82. The highest BCUT2D eigenvalue weighted by Gasteiger charge is 1.89. The Morgan fingerprint density at radius 3 is 0.889 bits per heavy atom. The Balaban J connectivity index is 0.000000180. The molecule has 8 N–H and O–H groups in total. The van der Waals surface area contributed by atoms with E-state index in [1.54, 1.807) is 12.1 Å². The van der Waals surface area contributed by atoms with Crippen LogP contribution >= 0.6 is 0 Å². The van der Waals surface area contributed by atoms with Gasteiger partial charge in [0.05, 0.1) is 0 Å². The molecule has 4 heteroatoms. The molecule has 0 amide bonds. The van der Waals surface area contributed by atoms with Crippen molar-refractivity contribution in [2.24, 2.45) is 0 Å². The van der Waals surface area contributed by atoms with Gasteiger partial charge in [0, 0.05) is 22.7 Å². The minimum Gasteiger partial charge on any atom is -0.399 e. The van der Waals surface area contributed by atoms with Gasteiger partial charge in [-0.25, -0.2) is 0 Å². The normalized spacial score (nSPS) is 9.44. The van der Waals surface area contributed by atoms with Crippen LogP contribution in [0.1, 0.15) is 11.1 Å². The Morgan fingerprint density at radius 2 is 0.722 bits per heavy atom. The fraction of sp³-hybridized carbons (Fsp3) is 0.143. The highest BCUT2D eigenvalue weighted by molar-refractivity contribution is 5.54. The lowest BCUT2D eigenvalue weighted by Gasteiger charge is -1.97. The number of aryl methyl sites for hydroxylation is 2. The molecule has 2 aromatic carbocycles. The first kappa shape index (κ1) is 13.7. The molecule has 4 nitrogen and oxygen atoms in total. The van der Waals surface area contributed by atoms with Crippen LogP contribution in [0.15, 0.2) is 36.4 Å². The molecule has 96 valence electrons. The van der Waals surface area contributed by atoms with Crippen molar-refractivity contribution in [1.82, 2.24) is 0 Å². The van der Waals surface area contributed by atoms with Gasteiger partial charge in [-0.05, 0) is 61.4 Å².